The van der Waals surface area contributed by atoms with Crippen LogP contribution in [0.1, 0.15) is 11.3 Å². The van der Waals surface area contributed by atoms with E-state index in [2.05, 4.69) is 11.1 Å². The summed E-state index contributed by atoms with van der Waals surface area (Å²) >= 11 is 0. The monoisotopic (exact) mass is 167 g/mol. The van der Waals surface area contributed by atoms with Gasteiger partial charge in [0.1, 0.15) is 17.8 Å². The average Bonchev–Trinajstić information content (AvgIpc) is 2.59. The first kappa shape index (κ1) is 7.39. The number of fused-ring (bicyclic) bond motifs is 1. The molecule has 0 saturated heterocycles. The molecule has 0 fully saturated rings. The van der Waals surface area contributed by atoms with Gasteiger partial charge in [-0.2, -0.15) is 10.5 Å². The summed E-state index contributed by atoms with van der Waals surface area (Å²) in [7, 11) is 0. The summed E-state index contributed by atoms with van der Waals surface area (Å²) in [4.78, 5) is 2.88. The lowest BCUT2D eigenvalue weighted by atomic mass is 10.2. The molecule has 1 aromatic carbocycles. The molecule has 3 nitrogen and oxygen atoms in total. The molecule has 1 N–H and O–H groups in total. The summed E-state index contributed by atoms with van der Waals surface area (Å²) in [6, 6.07) is 11.2. The van der Waals surface area contributed by atoms with E-state index in [9.17, 15) is 0 Å². The smallest absolute Gasteiger partial charge is 0.118 e. The molecule has 0 radical (unpaired) electrons. The van der Waals surface area contributed by atoms with Crippen molar-refractivity contribution in [2.45, 2.75) is 0 Å². The van der Waals surface area contributed by atoms with Crippen LogP contribution in [0.2, 0.25) is 0 Å². The van der Waals surface area contributed by atoms with Gasteiger partial charge in [-0.3, -0.25) is 0 Å². The zero-order valence-electron chi connectivity index (χ0n) is 6.70. The van der Waals surface area contributed by atoms with Crippen molar-refractivity contribution in [2.24, 2.45) is 0 Å². The lowest BCUT2D eigenvalue weighted by molar-refractivity contribution is 1.36. The van der Waals surface area contributed by atoms with Gasteiger partial charge in [-0.05, 0) is 12.1 Å². The van der Waals surface area contributed by atoms with E-state index in [0.717, 1.165) is 10.9 Å². The number of aromatic nitrogens is 1. The molecular formula is C10H5N3. The molecule has 0 unspecified atom stereocenters. The molecule has 0 saturated carbocycles. The Bertz CT molecular complexity index is 537. The third-order valence-electron chi connectivity index (χ3n) is 1.90. The molecule has 2 aromatic rings. The van der Waals surface area contributed by atoms with Crippen molar-refractivity contribution >= 4 is 10.9 Å². The number of nitrogens with zero attached hydrogens (tertiary/aromatic N) is 2. The molecule has 13 heavy (non-hydrogen) atoms. The van der Waals surface area contributed by atoms with Crippen molar-refractivity contribution in [3.63, 3.8) is 0 Å². The van der Waals surface area contributed by atoms with Crippen molar-refractivity contribution < 1.29 is 0 Å². The van der Waals surface area contributed by atoms with Gasteiger partial charge in [-0.1, -0.05) is 12.1 Å². The van der Waals surface area contributed by atoms with Crippen LogP contribution in [-0.4, -0.2) is 4.98 Å². The minimum absolute atomic E-state index is 0.484. The second-order valence-corrected chi connectivity index (χ2v) is 2.68. The summed E-state index contributed by atoms with van der Waals surface area (Å²) in [5, 5.41) is 18.3. The molecule has 2 rings (SSSR count). The summed E-state index contributed by atoms with van der Waals surface area (Å²) < 4.78 is 0. The van der Waals surface area contributed by atoms with E-state index in [1.165, 1.54) is 0 Å². The van der Waals surface area contributed by atoms with Gasteiger partial charge >= 0.3 is 0 Å². The highest BCUT2D eigenvalue weighted by Gasteiger charge is 2.03. The second-order valence-electron chi connectivity index (χ2n) is 2.68. The molecule has 0 bridgehead atoms. The Kier molecular flexibility index (Phi) is 1.51. The third-order valence-corrected chi connectivity index (χ3v) is 1.90. The molecule has 0 amide bonds. The highest BCUT2D eigenvalue weighted by Crippen LogP contribution is 2.18. The Labute approximate surface area is 74.8 Å². The minimum Gasteiger partial charge on any atom is -0.345 e. The van der Waals surface area contributed by atoms with E-state index in [1.54, 1.807) is 18.2 Å². The van der Waals surface area contributed by atoms with Crippen molar-refractivity contribution in [3.05, 3.63) is 35.5 Å². The van der Waals surface area contributed by atoms with Crippen LogP contribution in [0.3, 0.4) is 0 Å². The van der Waals surface area contributed by atoms with Gasteiger partial charge in [0, 0.05) is 5.39 Å². The quantitative estimate of drug-likeness (QED) is 0.651. The molecule has 60 valence electrons. The van der Waals surface area contributed by atoms with Crippen LogP contribution in [0.15, 0.2) is 24.3 Å². The van der Waals surface area contributed by atoms with Crippen LogP contribution in [0.4, 0.5) is 0 Å². The SMILES string of the molecule is N#Cc1cc2cccc(C#N)c2[nH]1. The molecular weight excluding hydrogens is 162 g/mol. The van der Waals surface area contributed by atoms with Gasteiger partial charge in [0.05, 0.1) is 11.1 Å². The first-order chi connectivity index (χ1) is 6.35. The van der Waals surface area contributed by atoms with E-state index in [4.69, 9.17) is 10.5 Å². The van der Waals surface area contributed by atoms with Gasteiger partial charge in [-0.25, -0.2) is 0 Å². The van der Waals surface area contributed by atoms with Gasteiger partial charge in [0.25, 0.3) is 0 Å². The van der Waals surface area contributed by atoms with Gasteiger partial charge < -0.3 is 4.98 Å². The number of hydrogen-bond donors (Lipinski definition) is 1. The standard InChI is InChI=1S/C10H5N3/c11-5-8-3-1-2-7-4-9(6-12)13-10(7)8/h1-4,13H. The van der Waals surface area contributed by atoms with E-state index in [0.29, 0.717) is 11.3 Å². The highest BCUT2D eigenvalue weighted by molar-refractivity contribution is 5.86. The number of nitrogens with one attached hydrogen (secondary N) is 1. The maximum absolute atomic E-state index is 8.76. The van der Waals surface area contributed by atoms with Gasteiger partial charge in [0.2, 0.25) is 0 Å². The number of nitriles is 2. The van der Waals surface area contributed by atoms with Crippen LogP contribution in [0, 0.1) is 22.7 Å². The van der Waals surface area contributed by atoms with Crippen LogP contribution in [-0.2, 0) is 0 Å². The Hall–Kier alpha value is -2.26. The van der Waals surface area contributed by atoms with E-state index in [-0.39, 0.29) is 0 Å². The Morgan fingerprint density at radius 2 is 2.00 bits per heavy atom. The van der Waals surface area contributed by atoms with E-state index in [1.807, 2.05) is 12.1 Å². The number of benzene rings is 1. The maximum Gasteiger partial charge on any atom is 0.118 e. The maximum atomic E-state index is 8.76. The fourth-order valence-electron chi connectivity index (χ4n) is 1.31. The number of aromatic amines is 1. The summed E-state index contributed by atoms with van der Waals surface area (Å²) in [5.41, 5.74) is 1.79. The molecule has 3 heteroatoms. The fourth-order valence-corrected chi connectivity index (χ4v) is 1.31. The fraction of sp³-hybridized carbons (Fsp3) is 0. The Balaban J connectivity index is 2.86. The van der Waals surface area contributed by atoms with Crippen LogP contribution >= 0.6 is 0 Å². The van der Waals surface area contributed by atoms with Crippen LogP contribution < -0.4 is 0 Å². The van der Waals surface area contributed by atoms with E-state index >= 15 is 0 Å². The van der Waals surface area contributed by atoms with Gasteiger partial charge in [0.15, 0.2) is 0 Å². The summed E-state index contributed by atoms with van der Waals surface area (Å²) in [6.07, 6.45) is 0. The Morgan fingerprint density at radius 1 is 1.15 bits per heavy atom. The molecule has 1 heterocycles. The number of hydrogen-bond acceptors (Lipinski definition) is 2. The molecule has 0 spiro atoms. The first-order valence-electron chi connectivity index (χ1n) is 3.77. The lowest BCUT2D eigenvalue weighted by Gasteiger charge is -1.90. The summed E-state index contributed by atoms with van der Waals surface area (Å²) in [6.45, 7) is 0. The van der Waals surface area contributed by atoms with E-state index < -0.39 is 0 Å². The van der Waals surface area contributed by atoms with Gasteiger partial charge in [-0.15, -0.1) is 0 Å². The molecule has 1 aromatic heterocycles. The second kappa shape index (κ2) is 2.66. The van der Waals surface area contributed by atoms with Crippen molar-refractivity contribution in [2.75, 3.05) is 0 Å². The molecule has 0 aliphatic rings. The minimum atomic E-state index is 0.484. The summed E-state index contributed by atoms with van der Waals surface area (Å²) in [5.74, 6) is 0. The molecule has 0 aliphatic heterocycles. The predicted molar refractivity (Wildman–Crippen MR) is 47.7 cm³/mol. The van der Waals surface area contributed by atoms with Crippen molar-refractivity contribution in [1.82, 2.24) is 4.98 Å². The lowest BCUT2D eigenvalue weighted by Crippen LogP contribution is -1.76. The third kappa shape index (κ3) is 1.04. The zero-order chi connectivity index (χ0) is 9.26. The largest absolute Gasteiger partial charge is 0.345 e. The number of rotatable bonds is 0. The molecule has 0 aliphatic carbocycles. The zero-order valence-corrected chi connectivity index (χ0v) is 6.70. The number of H-pyrrole nitrogens is 1. The normalized spacial score (nSPS) is 9.38. The predicted octanol–water partition coefficient (Wildman–Crippen LogP) is 1.91. The Morgan fingerprint density at radius 3 is 2.69 bits per heavy atom. The van der Waals surface area contributed by atoms with Crippen LogP contribution in [0.5, 0.6) is 0 Å². The van der Waals surface area contributed by atoms with Crippen molar-refractivity contribution in [3.8, 4) is 12.1 Å². The first-order valence-corrected chi connectivity index (χ1v) is 3.77. The topological polar surface area (TPSA) is 63.4 Å². The highest BCUT2D eigenvalue weighted by atomic mass is 14.7. The molecule has 0 atom stereocenters. The van der Waals surface area contributed by atoms with Crippen LogP contribution in [0.25, 0.3) is 10.9 Å². The number of para-hydroxylation sites is 1. The average molecular weight is 167 g/mol. The van der Waals surface area contributed by atoms with Crippen molar-refractivity contribution in [1.29, 1.82) is 10.5 Å².